The Kier molecular flexibility index (Phi) is 3.53. The van der Waals surface area contributed by atoms with E-state index in [9.17, 15) is 0 Å². The lowest BCUT2D eigenvalue weighted by Crippen LogP contribution is -2.30. The Labute approximate surface area is 109 Å². The minimum absolute atomic E-state index is 0.361. The molecule has 0 atom stereocenters. The molecule has 1 aliphatic rings. The van der Waals surface area contributed by atoms with Gasteiger partial charge in [-0.05, 0) is 31.4 Å². The number of ether oxygens (including phenoxy) is 2. The lowest BCUT2D eigenvalue weighted by Gasteiger charge is -2.27. The second-order valence-electron chi connectivity index (χ2n) is 5.78. The number of benzene rings is 1. The van der Waals surface area contributed by atoms with Crippen LogP contribution in [0.5, 0.6) is 11.5 Å². The van der Waals surface area contributed by atoms with Crippen LogP contribution in [0.25, 0.3) is 0 Å². The Morgan fingerprint density at radius 2 is 1.83 bits per heavy atom. The second-order valence-corrected chi connectivity index (χ2v) is 5.78. The molecule has 2 N–H and O–H groups in total. The SMILES string of the molecule is CC(C)c1c(C(C)(C)N)ccc2c1OCCCO2. The quantitative estimate of drug-likeness (QED) is 0.875. The first-order valence-electron chi connectivity index (χ1n) is 6.63. The Balaban J connectivity index is 2.61. The molecule has 1 heterocycles. The van der Waals surface area contributed by atoms with E-state index in [1.807, 2.05) is 19.9 Å². The molecule has 1 aliphatic heterocycles. The Morgan fingerprint density at radius 1 is 1.17 bits per heavy atom. The molecule has 0 fully saturated rings. The van der Waals surface area contributed by atoms with Crippen molar-refractivity contribution < 1.29 is 9.47 Å². The zero-order chi connectivity index (χ0) is 13.3. The average Bonchev–Trinajstić information content (AvgIpc) is 2.50. The number of hydrogen-bond acceptors (Lipinski definition) is 3. The maximum atomic E-state index is 6.27. The fourth-order valence-corrected chi connectivity index (χ4v) is 2.39. The molecule has 3 nitrogen and oxygen atoms in total. The summed E-state index contributed by atoms with van der Waals surface area (Å²) in [7, 11) is 0. The van der Waals surface area contributed by atoms with E-state index < -0.39 is 0 Å². The van der Waals surface area contributed by atoms with Crippen molar-refractivity contribution in [2.45, 2.75) is 45.6 Å². The highest BCUT2D eigenvalue weighted by molar-refractivity contribution is 5.54. The summed E-state index contributed by atoms with van der Waals surface area (Å²) in [6, 6.07) is 4.05. The van der Waals surface area contributed by atoms with Gasteiger partial charge in [0.2, 0.25) is 0 Å². The Morgan fingerprint density at radius 3 is 2.44 bits per heavy atom. The van der Waals surface area contributed by atoms with Gasteiger partial charge in [0, 0.05) is 17.5 Å². The van der Waals surface area contributed by atoms with E-state index in [2.05, 4.69) is 19.9 Å². The largest absolute Gasteiger partial charge is 0.490 e. The van der Waals surface area contributed by atoms with Crippen molar-refractivity contribution in [1.29, 1.82) is 0 Å². The third-order valence-corrected chi connectivity index (χ3v) is 3.22. The summed E-state index contributed by atoms with van der Waals surface area (Å²) in [4.78, 5) is 0. The third-order valence-electron chi connectivity index (χ3n) is 3.22. The molecule has 0 bridgehead atoms. The van der Waals surface area contributed by atoms with Crippen molar-refractivity contribution in [3.05, 3.63) is 23.3 Å². The third kappa shape index (κ3) is 2.46. The number of hydrogen-bond donors (Lipinski definition) is 1. The maximum absolute atomic E-state index is 6.27. The van der Waals surface area contributed by atoms with Crippen molar-refractivity contribution in [2.75, 3.05) is 13.2 Å². The molecular formula is C15H23NO2. The van der Waals surface area contributed by atoms with Crippen molar-refractivity contribution in [3.8, 4) is 11.5 Å². The Bertz CT molecular complexity index is 433. The molecule has 1 aromatic rings. The first kappa shape index (κ1) is 13.2. The lowest BCUT2D eigenvalue weighted by molar-refractivity contribution is 0.295. The average molecular weight is 249 g/mol. The molecule has 2 rings (SSSR count). The Hall–Kier alpha value is -1.22. The molecule has 3 heteroatoms. The van der Waals surface area contributed by atoms with Gasteiger partial charge in [-0.3, -0.25) is 0 Å². The van der Waals surface area contributed by atoms with Gasteiger partial charge in [0.05, 0.1) is 13.2 Å². The summed E-state index contributed by atoms with van der Waals surface area (Å²) < 4.78 is 11.6. The minimum atomic E-state index is -0.371. The van der Waals surface area contributed by atoms with Gasteiger partial charge in [-0.1, -0.05) is 19.9 Å². The van der Waals surface area contributed by atoms with E-state index in [-0.39, 0.29) is 5.54 Å². The molecular weight excluding hydrogens is 226 g/mol. The van der Waals surface area contributed by atoms with Gasteiger partial charge in [0.25, 0.3) is 0 Å². The highest BCUT2D eigenvalue weighted by Crippen LogP contribution is 2.42. The van der Waals surface area contributed by atoms with Crippen LogP contribution in [-0.2, 0) is 5.54 Å². The fourth-order valence-electron chi connectivity index (χ4n) is 2.39. The van der Waals surface area contributed by atoms with Gasteiger partial charge in [0.1, 0.15) is 0 Å². The number of rotatable bonds is 2. The van der Waals surface area contributed by atoms with Gasteiger partial charge < -0.3 is 15.2 Å². The van der Waals surface area contributed by atoms with E-state index in [4.69, 9.17) is 15.2 Å². The van der Waals surface area contributed by atoms with Crippen LogP contribution in [0.3, 0.4) is 0 Å². The van der Waals surface area contributed by atoms with Crippen molar-refractivity contribution in [3.63, 3.8) is 0 Å². The van der Waals surface area contributed by atoms with Gasteiger partial charge >= 0.3 is 0 Å². The van der Waals surface area contributed by atoms with Crippen molar-refractivity contribution in [2.24, 2.45) is 5.73 Å². The molecule has 0 saturated carbocycles. The van der Waals surface area contributed by atoms with Gasteiger partial charge in [-0.15, -0.1) is 0 Å². The highest BCUT2D eigenvalue weighted by atomic mass is 16.5. The summed E-state index contributed by atoms with van der Waals surface area (Å²) in [5.41, 5.74) is 8.22. The molecule has 0 radical (unpaired) electrons. The van der Waals surface area contributed by atoms with E-state index in [1.165, 1.54) is 5.56 Å². The van der Waals surface area contributed by atoms with Crippen LogP contribution in [0.1, 0.15) is 51.2 Å². The van der Waals surface area contributed by atoms with E-state index in [1.54, 1.807) is 0 Å². The molecule has 0 aliphatic carbocycles. The fraction of sp³-hybridized carbons (Fsp3) is 0.600. The highest BCUT2D eigenvalue weighted by Gasteiger charge is 2.26. The van der Waals surface area contributed by atoms with E-state index in [0.717, 1.165) is 30.1 Å². The lowest BCUT2D eigenvalue weighted by atomic mass is 9.85. The number of nitrogens with two attached hydrogens (primary N) is 1. The summed E-state index contributed by atoms with van der Waals surface area (Å²) in [5.74, 6) is 2.10. The van der Waals surface area contributed by atoms with Crippen LogP contribution in [0.2, 0.25) is 0 Å². The molecule has 100 valence electrons. The molecule has 0 aromatic heterocycles. The first-order chi connectivity index (χ1) is 8.41. The summed E-state index contributed by atoms with van der Waals surface area (Å²) in [5, 5.41) is 0. The monoisotopic (exact) mass is 249 g/mol. The second kappa shape index (κ2) is 4.81. The standard InChI is InChI=1S/C15H23NO2/c1-10(2)13-11(15(3,4)16)6-7-12-14(13)18-9-5-8-17-12/h6-7,10H,5,8-9,16H2,1-4H3. The summed E-state index contributed by atoms with van der Waals surface area (Å²) >= 11 is 0. The van der Waals surface area contributed by atoms with Crippen molar-refractivity contribution >= 4 is 0 Å². The van der Waals surface area contributed by atoms with Crippen molar-refractivity contribution in [1.82, 2.24) is 0 Å². The van der Waals surface area contributed by atoms with Gasteiger partial charge in [0.15, 0.2) is 11.5 Å². The van der Waals surface area contributed by atoms with Crippen LogP contribution in [0.4, 0.5) is 0 Å². The van der Waals surface area contributed by atoms with Crippen LogP contribution in [-0.4, -0.2) is 13.2 Å². The molecule has 0 spiro atoms. The molecule has 1 aromatic carbocycles. The maximum Gasteiger partial charge on any atom is 0.164 e. The summed E-state index contributed by atoms with van der Waals surface area (Å²) in [6.07, 6.45) is 0.924. The van der Waals surface area contributed by atoms with Crippen LogP contribution >= 0.6 is 0 Å². The topological polar surface area (TPSA) is 44.5 Å². The van der Waals surface area contributed by atoms with Gasteiger partial charge in [-0.25, -0.2) is 0 Å². The van der Waals surface area contributed by atoms with Crippen LogP contribution in [0.15, 0.2) is 12.1 Å². The molecule has 18 heavy (non-hydrogen) atoms. The normalized spacial score (nSPS) is 15.7. The van der Waals surface area contributed by atoms with Crippen LogP contribution < -0.4 is 15.2 Å². The molecule has 0 saturated heterocycles. The first-order valence-corrected chi connectivity index (χ1v) is 6.63. The molecule has 0 unspecified atom stereocenters. The predicted octanol–water partition coefficient (Wildman–Crippen LogP) is 3.17. The zero-order valence-electron chi connectivity index (χ0n) is 11.7. The molecule has 0 amide bonds. The minimum Gasteiger partial charge on any atom is -0.490 e. The van der Waals surface area contributed by atoms with Gasteiger partial charge in [-0.2, -0.15) is 0 Å². The zero-order valence-corrected chi connectivity index (χ0v) is 11.7. The number of fused-ring (bicyclic) bond motifs is 1. The van der Waals surface area contributed by atoms with Crippen LogP contribution in [0, 0.1) is 0 Å². The smallest absolute Gasteiger partial charge is 0.164 e. The van der Waals surface area contributed by atoms with E-state index >= 15 is 0 Å². The van der Waals surface area contributed by atoms with E-state index in [0.29, 0.717) is 12.5 Å². The predicted molar refractivity (Wildman–Crippen MR) is 73.4 cm³/mol. The summed E-state index contributed by atoms with van der Waals surface area (Å²) in [6.45, 7) is 9.81.